The molecule has 0 fully saturated rings. The van der Waals surface area contributed by atoms with Gasteiger partial charge in [-0.3, -0.25) is 9.89 Å². The van der Waals surface area contributed by atoms with E-state index in [-0.39, 0.29) is 11.7 Å². The van der Waals surface area contributed by atoms with E-state index in [1.165, 1.54) is 0 Å². The highest BCUT2D eigenvalue weighted by Crippen LogP contribution is 2.45. The van der Waals surface area contributed by atoms with Crippen LogP contribution in [-0.4, -0.2) is 59.6 Å². The number of hydrogen-bond acceptors (Lipinski definition) is 6. The van der Waals surface area contributed by atoms with Gasteiger partial charge in [0, 0.05) is 24.8 Å². The smallest absolute Gasteiger partial charge is 0.273 e. The molecule has 3 aromatic rings. The average molecular weight is 480 g/mol. The first-order valence-corrected chi connectivity index (χ1v) is 12.2. The second-order valence-corrected chi connectivity index (χ2v) is 8.47. The summed E-state index contributed by atoms with van der Waals surface area (Å²) in [5.74, 6) is 1.28. The normalized spacial score (nSPS) is 14.9. The number of aromatic nitrogens is 2. The first kappa shape index (κ1) is 24.6. The minimum atomic E-state index is -0.422. The Morgan fingerprint density at radius 3 is 2.63 bits per heavy atom. The van der Waals surface area contributed by atoms with E-state index >= 15 is 0 Å². The van der Waals surface area contributed by atoms with E-state index in [1.807, 2.05) is 31.2 Å². The quantitative estimate of drug-likeness (QED) is 0.357. The van der Waals surface area contributed by atoms with Gasteiger partial charge in [0.2, 0.25) is 0 Å². The lowest BCUT2D eigenvalue weighted by atomic mass is 9.95. The largest absolute Gasteiger partial charge is 0.507 e. The highest BCUT2D eigenvalue weighted by molar-refractivity contribution is 6.00. The molecular weight excluding hydrogens is 446 g/mol. The molecule has 1 aliphatic rings. The molecule has 35 heavy (non-hydrogen) atoms. The molecule has 0 bridgehead atoms. The molecule has 1 amide bonds. The zero-order valence-corrected chi connectivity index (χ0v) is 20.5. The fourth-order valence-electron chi connectivity index (χ4n) is 4.46. The monoisotopic (exact) mass is 479 g/mol. The summed E-state index contributed by atoms with van der Waals surface area (Å²) in [6, 6.07) is 12.4. The number of nitrogens with one attached hydrogen (secondary N) is 1. The van der Waals surface area contributed by atoms with Crippen molar-refractivity contribution in [2.45, 2.75) is 39.2 Å². The SMILES string of the molecule is CCCCCOc1ccc([C@H]2c3c(-c4ccccc4O)n[nH]c3C(=O)N2CCOC)cc1OCC. The fourth-order valence-corrected chi connectivity index (χ4v) is 4.46. The van der Waals surface area contributed by atoms with Crippen LogP contribution in [-0.2, 0) is 4.74 Å². The van der Waals surface area contributed by atoms with E-state index in [9.17, 15) is 9.90 Å². The Morgan fingerprint density at radius 2 is 1.89 bits per heavy atom. The Bertz CT molecular complexity index is 1160. The van der Waals surface area contributed by atoms with Crippen molar-refractivity contribution in [1.29, 1.82) is 0 Å². The maximum Gasteiger partial charge on any atom is 0.273 e. The van der Waals surface area contributed by atoms with Crippen molar-refractivity contribution in [2.75, 3.05) is 33.5 Å². The molecule has 2 aromatic carbocycles. The molecule has 1 aliphatic heterocycles. The molecule has 0 unspecified atom stereocenters. The maximum atomic E-state index is 13.4. The first-order chi connectivity index (χ1) is 17.1. The number of rotatable bonds is 12. The zero-order valence-electron chi connectivity index (χ0n) is 20.5. The highest BCUT2D eigenvalue weighted by Gasteiger charge is 2.42. The van der Waals surface area contributed by atoms with Gasteiger partial charge in [-0.05, 0) is 43.2 Å². The number of aromatic amines is 1. The predicted molar refractivity (Wildman–Crippen MR) is 133 cm³/mol. The van der Waals surface area contributed by atoms with Crippen LogP contribution in [0.25, 0.3) is 11.3 Å². The highest BCUT2D eigenvalue weighted by atomic mass is 16.5. The molecule has 4 rings (SSSR count). The molecule has 0 radical (unpaired) electrons. The van der Waals surface area contributed by atoms with Gasteiger partial charge >= 0.3 is 0 Å². The zero-order chi connectivity index (χ0) is 24.8. The number of unbranched alkanes of at least 4 members (excludes halogenated alkanes) is 2. The van der Waals surface area contributed by atoms with E-state index in [4.69, 9.17) is 14.2 Å². The van der Waals surface area contributed by atoms with Crippen LogP contribution in [0, 0.1) is 0 Å². The maximum absolute atomic E-state index is 13.4. The van der Waals surface area contributed by atoms with E-state index in [1.54, 1.807) is 30.2 Å². The summed E-state index contributed by atoms with van der Waals surface area (Å²) in [4.78, 5) is 15.1. The number of hydrogen-bond donors (Lipinski definition) is 2. The summed E-state index contributed by atoms with van der Waals surface area (Å²) in [6.45, 7) is 6.00. The number of phenols is 1. The number of H-pyrrole nitrogens is 1. The Morgan fingerprint density at radius 1 is 1.06 bits per heavy atom. The number of para-hydroxylation sites is 1. The van der Waals surface area contributed by atoms with Crippen LogP contribution in [0.15, 0.2) is 42.5 Å². The van der Waals surface area contributed by atoms with Crippen LogP contribution in [0.2, 0.25) is 0 Å². The summed E-state index contributed by atoms with van der Waals surface area (Å²) in [7, 11) is 1.61. The number of benzene rings is 2. The van der Waals surface area contributed by atoms with Gasteiger partial charge in [-0.25, -0.2) is 0 Å². The Labute approximate surface area is 205 Å². The molecule has 2 N–H and O–H groups in total. The molecule has 0 aliphatic carbocycles. The van der Waals surface area contributed by atoms with E-state index in [2.05, 4.69) is 17.1 Å². The molecule has 8 heteroatoms. The molecular formula is C27H33N3O5. The van der Waals surface area contributed by atoms with Crippen LogP contribution >= 0.6 is 0 Å². The van der Waals surface area contributed by atoms with E-state index in [0.717, 1.165) is 30.4 Å². The topological polar surface area (TPSA) is 96.9 Å². The van der Waals surface area contributed by atoms with Crippen LogP contribution < -0.4 is 9.47 Å². The number of amides is 1. The molecule has 0 saturated heterocycles. The third-order valence-corrected chi connectivity index (χ3v) is 6.15. The molecule has 1 aromatic heterocycles. The van der Waals surface area contributed by atoms with Crippen molar-refractivity contribution < 1.29 is 24.1 Å². The van der Waals surface area contributed by atoms with Crippen LogP contribution in [0.5, 0.6) is 17.2 Å². The van der Waals surface area contributed by atoms with Gasteiger partial charge in [0.25, 0.3) is 5.91 Å². The van der Waals surface area contributed by atoms with Crippen LogP contribution in [0.4, 0.5) is 0 Å². The third-order valence-electron chi connectivity index (χ3n) is 6.15. The second-order valence-electron chi connectivity index (χ2n) is 8.47. The summed E-state index contributed by atoms with van der Waals surface area (Å²) >= 11 is 0. The standard InChI is InChI=1S/C27H33N3O5/c1-4-6-9-15-35-21-13-12-18(17-22(21)34-5-2)26-23-24(19-10-7-8-11-20(19)31)28-29-25(23)27(32)30(26)14-16-33-3/h7-8,10-13,17,26,31H,4-6,9,14-16H2,1-3H3,(H,28,29)/t26-/m0/s1. The van der Waals surface area contributed by atoms with E-state index < -0.39 is 6.04 Å². The van der Waals surface area contributed by atoms with Crippen LogP contribution in [0.1, 0.15) is 60.8 Å². The number of carbonyl (C=O) groups excluding carboxylic acids is 1. The van der Waals surface area contributed by atoms with Crippen molar-refractivity contribution in [3.63, 3.8) is 0 Å². The van der Waals surface area contributed by atoms with Gasteiger partial charge in [0.05, 0.1) is 25.9 Å². The van der Waals surface area contributed by atoms with Gasteiger partial charge in [0.1, 0.15) is 17.1 Å². The molecule has 1 atom stereocenters. The lowest BCUT2D eigenvalue weighted by Crippen LogP contribution is -2.32. The molecule has 2 heterocycles. The Kier molecular flexibility index (Phi) is 7.92. The summed E-state index contributed by atoms with van der Waals surface area (Å²) < 4.78 is 17.2. The second kappa shape index (κ2) is 11.3. The van der Waals surface area contributed by atoms with Gasteiger partial charge < -0.3 is 24.2 Å². The Balaban J connectivity index is 1.77. The van der Waals surface area contributed by atoms with Crippen molar-refractivity contribution in [3.8, 4) is 28.5 Å². The summed E-state index contributed by atoms with van der Waals surface area (Å²) in [5, 5.41) is 17.8. The van der Waals surface area contributed by atoms with Crippen molar-refractivity contribution in [1.82, 2.24) is 15.1 Å². The first-order valence-electron chi connectivity index (χ1n) is 12.2. The lowest BCUT2D eigenvalue weighted by Gasteiger charge is -2.27. The van der Waals surface area contributed by atoms with Crippen molar-refractivity contribution >= 4 is 5.91 Å². The molecule has 0 spiro atoms. The number of phenolic OH excluding ortho intramolecular Hbond substituents is 1. The third kappa shape index (κ3) is 4.98. The number of methoxy groups -OCH3 is 1. The molecule has 186 valence electrons. The number of nitrogens with zero attached hydrogens (tertiary/aromatic N) is 2. The van der Waals surface area contributed by atoms with Gasteiger partial charge in [-0.15, -0.1) is 0 Å². The minimum absolute atomic E-state index is 0.106. The van der Waals surface area contributed by atoms with Crippen LogP contribution in [0.3, 0.4) is 0 Å². The number of fused-ring (bicyclic) bond motifs is 1. The van der Waals surface area contributed by atoms with Gasteiger partial charge in [0.15, 0.2) is 11.5 Å². The number of carbonyl (C=O) groups is 1. The van der Waals surface area contributed by atoms with Crippen molar-refractivity contribution in [3.05, 3.63) is 59.3 Å². The van der Waals surface area contributed by atoms with Gasteiger partial charge in [-0.1, -0.05) is 38.0 Å². The molecule has 8 nitrogen and oxygen atoms in total. The van der Waals surface area contributed by atoms with E-state index in [0.29, 0.717) is 54.8 Å². The predicted octanol–water partition coefficient (Wildman–Crippen LogP) is 4.94. The number of aromatic hydroxyl groups is 1. The lowest BCUT2D eigenvalue weighted by molar-refractivity contribution is 0.0677. The van der Waals surface area contributed by atoms with Gasteiger partial charge in [-0.2, -0.15) is 5.10 Å². The summed E-state index contributed by atoms with van der Waals surface area (Å²) in [5.41, 5.74) is 3.14. The molecule has 0 saturated carbocycles. The fraction of sp³-hybridized carbons (Fsp3) is 0.407. The number of ether oxygens (including phenoxy) is 3. The van der Waals surface area contributed by atoms with Crippen molar-refractivity contribution in [2.24, 2.45) is 0 Å². The summed E-state index contributed by atoms with van der Waals surface area (Å²) in [6.07, 6.45) is 3.22. The Hall–Kier alpha value is -3.52. The minimum Gasteiger partial charge on any atom is -0.507 e. The average Bonchev–Trinajstić information content (AvgIpc) is 3.40.